The molecule has 16 heavy (non-hydrogen) atoms. The number of methoxy groups -OCH3 is 1. The molecule has 3 nitrogen and oxygen atoms in total. The maximum absolute atomic E-state index is 12.1. The maximum atomic E-state index is 12.1. The van der Waals surface area contributed by atoms with Crippen molar-refractivity contribution in [2.45, 2.75) is 24.9 Å². The summed E-state index contributed by atoms with van der Waals surface area (Å²) in [4.78, 5) is 12.1. The first-order chi connectivity index (χ1) is 7.65. The van der Waals surface area contributed by atoms with Gasteiger partial charge in [0.1, 0.15) is 0 Å². The Bertz CT molecular complexity index is 268. The minimum Gasteiger partial charge on any atom is -0.469 e. The van der Waals surface area contributed by atoms with Gasteiger partial charge < -0.3 is 9.84 Å². The van der Waals surface area contributed by atoms with Crippen LogP contribution in [-0.4, -0.2) is 46.8 Å². The van der Waals surface area contributed by atoms with Crippen LogP contribution in [0.2, 0.25) is 0 Å². The van der Waals surface area contributed by atoms with Gasteiger partial charge in [0.15, 0.2) is 0 Å². The smallest absolute Gasteiger partial charge is 0.314 e. The Morgan fingerprint density at radius 1 is 1.19 bits per heavy atom. The number of hydrogen-bond donors (Lipinski definition) is 1. The van der Waals surface area contributed by atoms with Crippen LogP contribution in [0.15, 0.2) is 0 Å². The summed E-state index contributed by atoms with van der Waals surface area (Å²) in [5.74, 6) is 3.30. The van der Waals surface area contributed by atoms with Gasteiger partial charge in [-0.1, -0.05) is 0 Å². The van der Waals surface area contributed by atoms with E-state index < -0.39 is 11.0 Å². The first-order valence-corrected chi connectivity index (χ1v) is 7.92. The van der Waals surface area contributed by atoms with Gasteiger partial charge in [-0.3, -0.25) is 4.79 Å². The molecule has 0 amide bonds. The molecule has 2 rings (SSSR count). The lowest BCUT2D eigenvalue weighted by molar-refractivity contribution is -0.171. The van der Waals surface area contributed by atoms with Crippen molar-refractivity contribution in [2.24, 2.45) is 5.41 Å². The summed E-state index contributed by atoms with van der Waals surface area (Å²) < 4.78 is 4.95. The van der Waals surface area contributed by atoms with E-state index in [9.17, 15) is 9.90 Å². The molecule has 0 aromatic rings. The number of rotatable bonds is 2. The van der Waals surface area contributed by atoms with Gasteiger partial charge in [-0.15, -0.1) is 0 Å². The molecular formula is C11H18O3S2. The molecule has 2 saturated heterocycles. The predicted molar refractivity (Wildman–Crippen MR) is 67.9 cm³/mol. The highest BCUT2D eigenvalue weighted by Crippen LogP contribution is 2.50. The number of carbonyl (C=O) groups is 1. The Morgan fingerprint density at radius 2 is 1.81 bits per heavy atom. The molecule has 2 heterocycles. The molecule has 0 radical (unpaired) electrons. The van der Waals surface area contributed by atoms with Crippen molar-refractivity contribution in [3.8, 4) is 0 Å². The predicted octanol–water partition coefficient (Wildman–Crippen LogP) is 1.54. The van der Waals surface area contributed by atoms with Crippen molar-refractivity contribution in [3.63, 3.8) is 0 Å². The van der Waals surface area contributed by atoms with Crippen LogP contribution in [0.5, 0.6) is 0 Å². The molecule has 0 spiro atoms. The molecule has 2 fully saturated rings. The third-order valence-corrected chi connectivity index (χ3v) is 5.97. The Labute approximate surface area is 105 Å². The molecule has 92 valence electrons. The SMILES string of the molecule is COC(=O)C1(C2(O)CCSC2)CCSCC1. The van der Waals surface area contributed by atoms with Gasteiger partial charge in [0.25, 0.3) is 0 Å². The molecule has 5 heteroatoms. The molecule has 0 aliphatic carbocycles. The van der Waals surface area contributed by atoms with Gasteiger partial charge in [-0.25, -0.2) is 0 Å². The molecule has 0 bridgehead atoms. The van der Waals surface area contributed by atoms with Crippen molar-refractivity contribution in [2.75, 3.05) is 30.1 Å². The first-order valence-electron chi connectivity index (χ1n) is 5.61. The van der Waals surface area contributed by atoms with Crippen molar-refractivity contribution < 1.29 is 14.6 Å². The topological polar surface area (TPSA) is 46.5 Å². The second-order valence-corrected chi connectivity index (χ2v) is 6.85. The van der Waals surface area contributed by atoms with Gasteiger partial charge >= 0.3 is 5.97 Å². The average molecular weight is 262 g/mol. The van der Waals surface area contributed by atoms with Crippen LogP contribution in [0.1, 0.15) is 19.3 Å². The van der Waals surface area contributed by atoms with Gasteiger partial charge in [0.2, 0.25) is 0 Å². The van der Waals surface area contributed by atoms with Crippen LogP contribution >= 0.6 is 23.5 Å². The molecule has 2 aliphatic rings. The van der Waals surface area contributed by atoms with Gasteiger partial charge in [-0.05, 0) is 36.5 Å². The van der Waals surface area contributed by atoms with E-state index in [4.69, 9.17) is 4.74 Å². The van der Waals surface area contributed by atoms with Gasteiger partial charge in [0.05, 0.1) is 18.1 Å². The summed E-state index contributed by atoms with van der Waals surface area (Å²) in [5, 5.41) is 10.7. The van der Waals surface area contributed by atoms with Crippen molar-refractivity contribution in [1.29, 1.82) is 0 Å². The van der Waals surface area contributed by atoms with Crippen molar-refractivity contribution in [3.05, 3.63) is 0 Å². The molecular weight excluding hydrogens is 244 g/mol. The summed E-state index contributed by atoms with van der Waals surface area (Å²) in [7, 11) is 1.43. The Balaban J connectivity index is 2.28. The van der Waals surface area contributed by atoms with Gasteiger partial charge in [-0.2, -0.15) is 23.5 Å². The van der Waals surface area contributed by atoms with E-state index in [2.05, 4.69) is 0 Å². The van der Waals surface area contributed by atoms with E-state index in [0.29, 0.717) is 5.75 Å². The second-order valence-electron chi connectivity index (χ2n) is 4.52. The third-order valence-electron chi connectivity index (χ3n) is 3.81. The zero-order valence-corrected chi connectivity index (χ0v) is 11.2. The fourth-order valence-electron chi connectivity index (χ4n) is 2.71. The molecule has 2 aliphatic heterocycles. The summed E-state index contributed by atoms with van der Waals surface area (Å²) in [5.41, 5.74) is -1.48. The first kappa shape index (κ1) is 12.6. The number of carbonyl (C=O) groups excluding carboxylic acids is 1. The molecule has 0 aromatic heterocycles. The highest BCUT2D eigenvalue weighted by molar-refractivity contribution is 7.99. The number of hydrogen-bond acceptors (Lipinski definition) is 5. The monoisotopic (exact) mass is 262 g/mol. The number of ether oxygens (including phenoxy) is 1. The highest BCUT2D eigenvalue weighted by Gasteiger charge is 2.57. The van der Waals surface area contributed by atoms with Crippen LogP contribution in [0.4, 0.5) is 0 Å². The largest absolute Gasteiger partial charge is 0.469 e. The summed E-state index contributed by atoms with van der Waals surface area (Å²) in [6.45, 7) is 0. The van der Waals surface area contributed by atoms with Gasteiger partial charge in [0, 0.05) is 5.75 Å². The number of thioether (sulfide) groups is 2. The maximum Gasteiger partial charge on any atom is 0.314 e. The number of aliphatic hydroxyl groups is 1. The molecule has 1 atom stereocenters. The van der Waals surface area contributed by atoms with E-state index in [1.807, 2.05) is 11.8 Å². The summed E-state index contributed by atoms with van der Waals surface area (Å²) in [6.07, 6.45) is 2.22. The van der Waals surface area contributed by atoms with E-state index in [-0.39, 0.29) is 5.97 Å². The van der Waals surface area contributed by atoms with Crippen molar-refractivity contribution in [1.82, 2.24) is 0 Å². The fraction of sp³-hybridized carbons (Fsp3) is 0.909. The Morgan fingerprint density at radius 3 is 2.31 bits per heavy atom. The normalized spacial score (nSPS) is 33.6. The Kier molecular flexibility index (Phi) is 3.76. The highest BCUT2D eigenvalue weighted by atomic mass is 32.2. The molecule has 0 saturated carbocycles. The van der Waals surface area contributed by atoms with Crippen LogP contribution in [0, 0.1) is 5.41 Å². The van der Waals surface area contributed by atoms with E-state index in [1.165, 1.54) is 7.11 Å². The van der Waals surface area contributed by atoms with Crippen LogP contribution in [-0.2, 0) is 9.53 Å². The zero-order valence-electron chi connectivity index (χ0n) is 9.53. The average Bonchev–Trinajstić information content (AvgIpc) is 2.77. The second kappa shape index (κ2) is 4.78. The summed E-state index contributed by atoms with van der Waals surface area (Å²) in [6, 6.07) is 0. The standard InChI is InChI=1S/C11H18O3S2/c1-14-9(12)10(2-5-15-6-3-10)11(13)4-7-16-8-11/h13H,2-8H2,1H3. The third kappa shape index (κ3) is 1.87. The van der Waals surface area contributed by atoms with Crippen LogP contribution in [0.3, 0.4) is 0 Å². The Hall–Kier alpha value is 0.130. The lowest BCUT2D eigenvalue weighted by Crippen LogP contribution is -2.55. The summed E-state index contributed by atoms with van der Waals surface area (Å²) >= 11 is 3.59. The lowest BCUT2D eigenvalue weighted by atomic mass is 9.67. The molecule has 0 aromatic carbocycles. The fourth-order valence-corrected chi connectivity index (χ4v) is 5.28. The number of esters is 1. The zero-order chi connectivity index (χ0) is 11.6. The van der Waals surface area contributed by atoms with E-state index in [0.717, 1.165) is 36.5 Å². The lowest BCUT2D eigenvalue weighted by Gasteiger charge is -2.44. The quantitative estimate of drug-likeness (QED) is 0.765. The molecule has 1 unspecified atom stereocenters. The van der Waals surface area contributed by atoms with E-state index >= 15 is 0 Å². The van der Waals surface area contributed by atoms with Crippen molar-refractivity contribution >= 4 is 29.5 Å². The van der Waals surface area contributed by atoms with Crippen LogP contribution in [0.25, 0.3) is 0 Å². The minimum absolute atomic E-state index is 0.210. The van der Waals surface area contributed by atoms with Crippen LogP contribution < -0.4 is 0 Å². The molecule has 1 N–H and O–H groups in total. The minimum atomic E-state index is -0.842. The van der Waals surface area contributed by atoms with E-state index in [1.54, 1.807) is 11.8 Å².